The molecule has 1 unspecified atom stereocenters. The van der Waals surface area contributed by atoms with Crippen LogP contribution in [0.2, 0.25) is 0 Å². The van der Waals surface area contributed by atoms with E-state index >= 15 is 0 Å². The highest BCUT2D eigenvalue weighted by atomic mass is 15.2. The van der Waals surface area contributed by atoms with E-state index in [9.17, 15) is 0 Å². The molecule has 0 aliphatic heterocycles. The minimum Gasteiger partial charge on any atom is -0.271 e. The summed E-state index contributed by atoms with van der Waals surface area (Å²) < 4.78 is 0. The van der Waals surface area contributed by atoms with Gasteiger partial charge in [0.05, 0.1) is 0 Å². The third-order valence-corrected chi connectivity index (χ3v) is 3.55. The Hall–Kier alpha value is -0.0800. The van der Waals surface area contributed by atoms with E-state index in [2.05, 4.69) is 12.3 Å². The maximum atomic E-state index is 5.57. The van der Waals surface area contributed by atoms with Crippen molar-refractivity contribution in [1.29, 1.82) is 0 Å². The van der Waals surface area contributed by atoms with Crippen molar-refractivity contribution in [3.05, 3.63) is 0 Å². The molecule has 0 aromatic heterocycles. The molecular formula is C12H26N2. The summed E-state index contributed by atoms with van der Waals surface area (Å²) in [5.41, 5.74) is 2.99. The molecular weight excluding hydrogens is 172 g/mol. The lowest BCUT2D eigenvalue weighted by molar-refractivity contribution is 0.217. The number of hydrogen-bond donors (Lipinski definition) is 2. The first kappa shape index (κ1) is 12.0. The van der Waals surface area contributed by atoms with Gasteiger partial charge in [-0.25, -0.2) is 0 Å². The molecule has 3 N–H and O–H groups in total. The molecule has 0 heterocycles. The van der Waals surface area contributed by atoms with Crippen molar-refractivity contribution >= 4 is 0 Å². The first-order chi connectivity index (χ1) is 6.88. The van der Waals surface area contributed by atoms with Crippen LogP contribution in [0, 0.1) is 5.92 Å². The second kappa shape index (κ2) is 7.24. The second-order valence-corrected chi connectivity index (χ2v) is 4.67. The molecule has 84 valence electrons. The quantitative estimate of drug-likeness (QED) is 0.357. The van der Waals surface area contributed by atoms with E-state index in [0.717, 1.165) is 5.92 Å². The first-order valence-corrected chi connectivity index (χ1v) is 6.34. The molecule has 1 aliphatic carbocycles. The van der Waals surface area contributed by atoms with E-state index in [1.807, 2.05) is 0 Å². The van der Waals surface area contributed by atoms with Gasteiger partial charge in [0, 0.05) is 6.04 Å². The van der Waals surface area contributed by atoms with E-state index in [4.69, 9.17) is 5.84 Å². The predicted octanol–water partition coefficient (Wildman–Crippen LogP) is 2.98. The minimum absolute atomic E-state index is 0.602. The van der Waals surface area contributed by atoms with Crippen molar-refractivity contribution in [3.8, 4) is 0 Å². The highest BCUT2D eigenvalue weighted by molar-refractivity contribution is 4.81. The molecule has 1 fully saturated rings. The smallest absolute Gasteiger partial charge is 0.0238 e. The van der Waals surface area contributed by atoms with E-state index in [1.54, 1.807) is 0 Å². The van der Waals surface area contributed by atoms with Crippen LogP contribution in [0.25, 0.3) is 0 Å². The lowest BCUT2D eigenvalue weighted by Crippen LogP contribution is -2.43. The molecule has 0 spiro atoms. The molecule has 14 heavy (non-hydrogen) atoms. The van der Waals surface area contributed by atoms with Gasteiger partial charge < -0.3 is 0 Å². The Morgan fingerprint density at radius 1 is 1.21 bits per heavy atom. The molecule has 1 rings (SSSR count). The van der Waals surface area contributed by atoms with Crippen LogP contribution in [-0.4, -0.2) is 6.04 Å². The average Bonchev–Trinajstić information content (AvgIpc) is 2.12. The summed E-state index contributed by atoms with van der Waals surface area (Å²) in [6, 6.07) is 0.602. The van der Waals surface area contributed by atoms with Crippen molar-refractivity contribution in [2.75, 3.05) is 0 Å². The molecule has 0 radical (unpaired) electrons. The largest absolute Gasteiger partial charge is 0.271 e. The van der Waals surface area contributed by atoms with E-state index in [-0.39, 0.29) is 0 Å². The fourth-order valence-corrected chi connectivity index (χ4v) is 2.27. The Morgan fingerprint density at radius 2 is 1.93 bits per heavy atom. The van der Waals surface area contributed by atoms with Crippen LogP contribution in [0.4, 0.5) is 0 Å². The molecule has 1 aliphatic rings. The van der Waals surface area contributed by atoms with Gasteiger partial charge in [-0.1, -0.05) is 45.4 Å². The van der Waals surface area contributed by atoms with Crippen molar-refractivity contribution in [1.82, 2.24) is 5.43 Å². The van der Waals surface area contributed by atoms with Crippen molar-refractivity contribution in [2.24, 2.45) is 11.8 Å². The second-order valence-electron chi connectivity index (χ2n) is 4.67. The molecule has 2 nitrogen and oxygen atoms in total. The summed E-state index contributed by atoms with van der Waals surface area (Å²) in [5.74, 6) is 6.45. The van der Waals surface area contributed by atoms with Crippen molar-refractivity contribution in [3.63, 3.8) is 0 Å². The maximum absolute atomic E-state index is 5.57. The van der Waals surface area contributed by atoms with Crippen LogP contribution >= 0.6 is 0 Å². The summed E-state index contributed by atoms with van der Waals surface area (Å²) >= 11 is 0. The van der Waals surface area contributed by atoms with Gasteiger partial charge in [-0.15, -0.1) is 0 Å². The maximum Gasteiger partial charge on any atom is 0.0238 e. The van der Waals surface area contributed by atoms with Crippen LogP contribution in [0.15, 0.2) is 0 Å². The molecule has 0 bridgehead atoms. The number of hydrogen-bond acceptors (Lipinski definition) is 2. The predicted molar refractivity (Wildman–Crippen MR) is 61.8 cm³/mol. The number of unbranched alkanes of at least 4 members (excludes halogenated alkanes) is 4. The Bertz CT molecular complexity index is 132. The summed E-state index contributed by atoms with van der Waals surface area (Å²) in [5, 5.41) is 0. The highest BCUT2D eigenvalue weighted by Gasteiger charge is 2.25. The van der Waals surface area contributed by atoms with Crippen molar-refractivity contribution < 1.29 is 0 Å². The molecule has 0 aromatic rings. The SMILES string of the molecule is CCCCCCCC(NN)C1CCC1. The number of nitrogens with two attached hydrogens (primary N) is 1. The Labute approximate surface area is 88.6 Å². The molecule has 0 aromatic carbocycles. The number of nitrogens with one attached hydrogen (secondary N) is 1. The van der Waals surface area contributed by atoms with Gasteiger partial charge in [-0.05, 0) is 25.2 Å². The Balaban J connectivity index is 1.97. The fraction of sp³-hybridized carbons (Fsp3) is 1.00. The van der Waals surface area contributed by atoms with Gasteiger partial charge in [-0.2, -0.15) is 0 Å². The van der Waals surface area contributed by atoms with Crippen LogP contribution in [-0.2, 0) is 0 Å². The standard InChI is InChI=1S/C12H26N2/c1-2-3-4-5-6-10-12(14-13)11-8-7-9-11/h11-12,14H,2-10,13H2,1H3. The molecule has 1 atom stereocenters. The molecule has 0 saturated heterocycles. The van der Waals surface area contributed by atoms with Gasteiger partial charge in [0.1, 0.15) is 0 Å². The monoisotopic (exact) mass is 198 g/mol. The fourth-order valence-electron chi connectivity index (χ4n) is 2.27. The zero-order chi connectivity index (χ0) is 10.2. The molecule has 0 amide bonds. The third kappa shape index (κ3) is 3.97. The van der Waals surface area contributed by atoms with E-state index < -0.39 is 0 Å². The third-order valence-electron chi connectivity index (χ3n) is 3.55. The normalized spacial score (nSPS) is 19.3. The van der Waals surface area contributed by atoms with Crippen molar-refractivity contribution in [2.45, 2.75) is 70.8 Å². The Kier molecular flexibility index (Phi) is 6.20. The van der Waals surface area contributed by atoms with Gasteiger partial charge in [0.15, 0.2) is 0 Å². The number of hydrazine groups is 1. The van der Waals surface area contributed by atoms with Gasteiger partial charge >= 0.3 is 0 Å². The highest BCUT2D eigenvalue weighted by Crippen LogP contribution is 2.31. The minimum atomic E-state index is 0.602. The lowest BCUT2D eigenvalue weighted by atomic mass is 9.78. The topological polar surface area (TPSA) is 38.0 Å². The van der Waals surface area contributed by atoms with E-state index in [1.165, 1.54) is 57.8 Å². The zero-order valence-corrected chi connectivity index (χ0v) is 9.60. The van der Waals surface area contributed by atoms with Gasteiger partial charge in [0.2, 0.25) is 0 Å². The number of rotatable bonds is 8. The summed E-state index contributed by atoms with van der Waals surface area (Å²) in [7, 11) is 0. The summed E-state index contributed by atoms with van der Waals surface area (Å²) in [6.45, 7) is 2.26. The zero-order valence-electron chi connectivity index (χ0n) is 9.60. The van der Waals surface area contributed by atoms with E-state index in [0.29, 0.717) is 6.04 Å². The first-order valence-electron chi connectivity index (χ1n) is 6.34. The Morgan fingerprint density at radius 3 is 2.43 bits per heavy atom. The van der Waals surface area contributed by atoms with Crippen LogP contribution in [0.3, 0.4) is 0 Å². The molecule has 2 heteroatoms. The summed E-state index contributed by atoms with van der Waals surface area (Å²) in [6.07, 6.45) is 12.4. The van der Waals surface area contributed by atoms with Gasteiger partial charge in [-0.3, -0.25) is 11.3 Å². The lowest BCUT2D eigenvalue weighted by Gasteiger charge is -2.33. The molecule has 1 saturated carbocycles. The summed E-state index contributed by atoms with van der Waals surface area (Å²) in [4.78, 5) is 0. The van der Waals surface area contributed by atoms with Crippen LogP contribution in [0.5, 0.6) is 0 Å². The van der Waals surface area contributed by atoms with Crippen LogP contribution in [0.1, 0.15) is 64.7 Å². The van der Waals surface area contributed by atoms with Crippen LogP contribution < -0.4 is 11.3 Å². The average molecular weight is 198 g/mol. The van der Waals surface area contributed by atoms with Gasteiger partial charge in [0.25, 0.3) is 0 Å².